The van der Waals surface area contributed by atoms with Gasteiger partial charge in [0.25, 0.3) is 0 Å². The van der Waals surface area contributed by atoms with E-state index in [2.05, 4.69) is 0 Å². The molecule has 0 spiro atoms. The lowest BCUT2D eigenvalue weighted by atomic mass is 9.91. The Balaban J connectivity index is 1.68. The van der Waals surface area contributed by atoms with E-state index in [1.807, 2.05) is 31.2 Å². The molecule has 0 unspecified atom stereocenters. The van der Waals surface area contributed by atoms with E-state index in [1.165, 1.54) is 18.2 Å². The van der Waals surface area contributed by atoms with Gasteiger partial charge in [0.1, 0.15) is 5.82 Å². The van der Waals surface area contributed by atoms with Crippen molar-refractivity contribution in [3.63, 3.8) is 0 Å². The maximum absolute atomic E-state index is 14.3. The third-order valence-corrected chi connectivity index (χ3v) is 5.38. The van der Waals surface area contributed by atoms with Gasteiger partial charge in [0, 0.05) is 0 Å². The van der Waals surface area contributed by atoms with Gasteiger partial charge in [-0.25, -0.2) is 4.39 Å². The SMILES string of the molecule is C/C=C/CCc1ccc(C=Cc2ccc(C[C@H](c3ccccc3)C(F)(F)F)cc2)cc1F. The highest BCUT2D eigenvalue weighted by atomic mass is 19.4. The Morgan fingerprint density at radius 1 is 0.844 bits per heavy atom. The summed E-state index contributed by atoms with van der Waals surface area (Å²) in [6.07, 6.45) is 4.62. The third-order valence-electron chi connectivity index (χ3n) is 5.38. The molecule has 0 heterocycles. The van der Waals surface area contributed by atoms with Crippen LogP contribution in [0.1, 0.15) is 47.1 Å². The van der Waals surface area contributed by atoms with E-state index in [-0.39, 0.29) is 17.8 Å². The molecule has 4 heteroatoms. The number of hydrogen-bond acceptors (Lipinski definition) is 0. The maximum Gasteiger partial charge on any atom is 0.396 e. The van der Waals surface area contributed by atoms with E-state index in [4.69, 9.17) is 0 Å². The average Bonchev–Trinajstić information content (AvgIpc) is 2.78. The molecule has 0 N–H and O–H groups in total. The van der Waals surface area contributed by atoms with E-state index < -0.39 is 12.1 Å². The largest absolute Gasteiger partial charge is 0.396 e. The molecule has 0 radical (unpaired) electrons. The Kier molecular flexibility index (Phi) is 8.04. The summed E-state index contributed by atoms with van der Waals surface area (Å²) >= 11 is 0. The molecular weight excluding hydrogens is 412 g/mol. The minimum absolute atomic E-state index is 0.114. The van der Waals surface area contributed by atoms with Crippen LogP contribution in [-0.4, -0.2) is 6.18 Å². The number of benzene rings is 3. The first kappa shape index (κ1) is 23.5. The molecule has 1 atom stereocenters. The first-order valence-corrected chi connectivity index (χ1v) is 10.6. The Hall–Kier alpha value is -3.14. The topological polar surface area (TPSA) is 0 Å². The number of alkyl halides is 3. The van der Waals surface area contributed by atoms with Crippen LogP contribution < -0.4 is 0 Å². The second-order valence-electron chi connectivity index (χ2n) is 7.74. The molecule has 0 saturated carbocycles. The van der Waals surface area contributed by atoms with Gasteiger partial charge in [-0.2, -0.15) is 13.2 Å². The van der Waals surface area contributed by atoms with Gasteiger partial charge in [-0.1, -0.05) is 91.0 Å². The van der Waals surface area contributed by atoms with Crippen molar-refractivity contribution in [2.24, 2.45) is 0 Å². The first-order valence-electron chi connectivity index (χ1n) is 10.6. The van der Waals surface area contributed by atoms with E-state index in [0.717, 1.165) is 17.5 Å². The lowest BCUT2D eigenvalue weighted by Crippen LogP contribution is -2.22. The van der Waals surface area contributed by atoms with Gasteiger partial charge in [0.15, 0.2) is 0 Å². The quantitative estimate of drug-likeness (QED) is 0.188. The number of halogens is 4. The van der Waals surface area contributed by atoms with Crippen LogP contribution in [0.3, 0.4) is 0 Å². The molecule has 0 nitrogen and oxygen atoms in total. The van der Waals surface area contributed by atoms with Gasteiger partial charge in [-0.15, -0.1) is 0 Å². The normalized spacial score (nSPS) is 13.2. The summed E-state index contributed by atoms with van der Waals surface area (Å²) in [6.45, 7) is 1.94. The summed E-state index contributed by atoms with van der Waals surface area (Å²) < 4.78 is 55.0. The summed E-state index contributed by atoms with van der Waals surface area (Å²) in [5, 5.41) is 0. The highest BCUT2D eigenvalue weighted by Gasteiger charge is 2.40. The standard InChI is InChI=1S/C28H26F4/c1-2-3-5-10-25-18-17-23(20-27(25)29)16-13-21-11-14-22(15-12-21)19-26(28(30,31)32)24-8-6-4-7-9-24/h2-4,6-9,11-18,20,26H,5,10,19H2,1H3/b3-2+,16-13?/t26-/m1/s1. The molecule has 0 bridgehead atoms. The fourth-order valence-corrected chi connectivity index (χ4v) is 3.58. The van der Waals surface area contributed by atoms with Crippen molar-refractivity contribution in [1.29, 1.82) is 0 Å². The number of aryl methyl sites for hydroxylation is 1. The van der Waals surface area contributed by atoms with Gasteiger partial charge in [-0.05, 0) is 60.1 Å². The van der Waals surface area contributed by atoms with E-state index >= 15 is 0 Å². The van der Waals surface area contributed by atoms with Gasteiger partial charge in [0.05, 0.1) is 5.92 Å². The monoisotopic (exact) mass is 438 g/mol. The van der Waals surface area contributed by atoms with Gasteiger partial charge in [0.2, 0.25) is 0 Å². The lowest BCUT2D eigenvalue weighted by molar-refractivity contribution is -0.150. The molecule has 0 aliphatic carbocycles. The third kappa shape index (κ3) is 6.68. The highest BCUT2D eigenvalue weighted by molar-refractivity contribution is 5.69. The lowest BCUT2D eigenvalue weighted by Gasteiger charge is -2.21. The number of allylic oxidation sites excluding steroid dienone is 2. The molecule has 32 heavy (non-hydrogen) atoms. The predicted octanol–water partition coefficient (Wildman–Crippen LogP) is 8.39. The smallest absolute Gasteiger partial charge is 0.207 e. The molecule has 0 aliphatic rings. The van der Waals surface area contributed by atoms with Crippen LogP contribution in [-0.2, 0) is 12.8 Å². The minimum Gasteiger partial charge on any atom is -0.207 e. The number of hydrogen-bond donors (Lipinski definition) is 0. The van der Waals surface area contributed by atoms with Crippen LogP contribution in [0.4, 0.5) is 17.6 Å². The summed E-state index contributed by atoms with van der Waals surface area (Å²) in [6, 6.07) is 20.1. The molecular formula is C28H26F4. The molecule has 0 aliphatic heterocycles. The van der Waals surface area contributed by atoms with Gasteiger partial charge in [-0.3, -0.25) is 0 Å². The van der Waals surface area contributed by atoms with Gasteiger partial charge < -0.3 is 0 Å². The Bertz CT molecular complexity index is 1050. The van der Waals surface area contributed by atoms with Crippen LogP contribution >= 0.6 is 0 Å². The molecule has 166 valence electrons. The average molecular weight is 439 g/mol. The van der Waals surface area contributed by atoms with Crippen molar-refractivity contribution in [3.05, 3.63) is 119 Å². The summed E-state index contributed by atoms with van der Waals surface area (Å²) in [4.78, 5) is 0. The van der Waals surface area contributed by atoms with Crippen LogP contribution in [0.5, 0.6) is 0 Å². The molecule has 0 saturated heterocycles. The van der Waals surface area contributed by atoms with Crippen LogP contribution in [0, 0.1) is 5.82 Å². The highest BCUT2D eigenvalue weighted by Crippen LogP contribution is 2.37. The van der Waals surface area contributed by atoms with E-state index in [1.54, 1.807) is 54.6 Å². The number of rotatable bonds is 8. The summed E-state index contributed by atoms with van der Waals surface area (Å²) in [7, 11) is 0. The van der Waals surface area contributed by atoms with Crippen molar-refractivity contribution in [3.8, 4) is 0 Å². The molecule has 3 rings (SSSR count). The fraction of sp³-hybridized carbons (Fsp3) is 0.214. The fourth-order valence-electron chi connectivity index (χ4n) is 3.58. The molecule has 0 fully saturated rings. The second kappa shape index (κ2) is 10.9. The Labute approximate surface area is 186 Å². The summed E-state index contributed by atoms with van der Waals surface area (Å²) in [5.74, 6) is -1.77. The van der Waals surface area contributed by atoms with Crippen molar-refractivity contribution < 1.29 is 17.6 Å². The zero-order chi connectivity index (χ0) is 23.0. The molecule has 0 amide bonds. The van der Waals surface area contributed by atoms with Crippen LogP contribution in [0.2, 0.25) is 0 Å². The summed E-state index contributed by atoms with van der Waals surface area (Å²) in [5.41, 5.74) is 3.14. The van der Waals surface area contributed by atoms with E-state index in [0.29, 0.717) is 17.5 Å². The van der Waals surface area contributed by atoms with Crippen molar-refractivity contribution in [2.45, 2.75) is 38.3 Å². The maximum atomic E-state index is 14.3. The molecule has 3 aromatic rings. The van der Waals surface area contributed by atoms with Crippen LogP contribution in [0.15, 0.2) is 84.9 Å². The van der Waals surface area contributed by atoms with Crippen molar-refractivity contribution in [1.82, 2.24) is 0 Å². The Morgan fingerprint density at radius 3 is 2.12 bits per heavy atom. The first-order chi connectivity index (χ1) is 15.4. The zero-order valence-electron chi connectivity index (χ0n) is 17.9. The second-order valence-corrected chi connectivity index (χ2v) is 7.74. The van der Waals surface area contributed by atoms with Gasteiger partial charge >= 0.3 is 6.18 Å². The predicted molar refractivity (Wildman–Crippen MR) is 124 cm³/mol. The van der Waals surface area contributed by atoms with Crippen molar-refractivity contribution >= 4 is 12.2 Å². The van der Waals surface area contributed by atoms with Crippen LogP contribution in [0.25, 0.3) is 12.2 Å². The molecule has 3 aromatic carbocycles. The van der Waals surface area contributed by atoms with E-state index in [9.17, 15) is 17.6 Å². The minimum atomic E-state index is -4.32. The Morgan fingerprint density at radius 2 is 1.50 bits per heavy atom. The molecule has 0 aromatic heterocycles. The zero-order valence-corrected chi connectivity index (χ0v) is 17.9. The van der Waals surface area contributed by atoms with Crippen molar-refractivity contribution in [2.75, 3.05) is 0 Å².